The van der Waals surface area contributed by atoms with Crippen molar-refractivity contribution >= 4 is 17.5 Å². The lowest BCUT2D eigenvalue weighted by molar-refractivity contribution is -0.116. The molecule has 3 rings (SSSR count). The molecule has 0 aliphatic heterocycles. The van der Waals surface area contributed by atoms with Crippen molar-refractivity contribution < 1.29 is 14.0 Å². The first kappa shape index (κ1) is 22.2. The fourth-order valence-corrected chi connectivity index (χ4v) is 3.44. The van der Waals surface area contributed by atoms with E-state index in [1.807, 2.05) is 45.9 Å². The number of rotatable bonds is 6. The quantitative estimate of drug-likeness (QED) is 0.638. The van der Waals surface area contributed by atoms with Crippen LogP contribution in [0.15, 0.2) is 48.7 Å². The van der Waals surface area contributed by atoms with Crippen LogP contribution in [0.5, 0.6) is 0 Å². The highest BCUT2D eigenvalue weighted by atomic mass is 19.1. The Morgan fingerprint density at radius 3 is 2.45 bits per heavy atom. The van der Waals surface area contributed by atoms with E-state index >= 15 is 0 Å². The molecule has 0 saturated heterocycles. The molecule has 0 aliphatic rings. The predicted octanol–water partition coefficient (Wildman–Crippen LogP) is 4.46. The Kier molecular flexibility index (Phi) is 6.53. The van der Waals surface area contributed by atoms with Crippen LogP contribution in [0.4, 0.5) is 10.1 Å². The zero-order valence-electron chi connectivity index (χ0n) is 18.4. The van der Waals surface area contributed by atoms with E-state index in [4.69, 9.17) is 0 Å². The zero-order valence-corrected chi connectivity index (χ0v) is 18.4. The Balaban J connectivity index is 1.79. The van der Waals surface area contributed by atoms with Crippen molar-refractivity contribution in [3.8, 4) is 5.69 Å². The van der Waals surface area contributed by atoms with Gasteiger partial charge < -0.3 is 10.2 Å². The largest absolute Gasteiger partial charge is 0.332 e. The molecule has 0 radical (unpaired) electrons. The van der Waals surface area contributed by atoms with Crippen LogP contribution in [0.2, 0.25) is 0 Å². The van der Waals surface area contributed by atoms with Gasteiger partial charge in [0.1, 0.15) is 5.82 Å². The summed E-state index contributed by atoms with van der Waals surface area (Å²) in [6, 6.07) is 11.6. The van der Waals surface area contributed by atoms with Gasteiger partial charge in [-0.05, 0) is 61.2 Å². The lowest BCUT2D eigenvalue weighted by Crippen LogP contribution is -2.35. The summed E-state index contributed by atoms with van der Waals surface area (Å²) in [6.45, 7) is 7.75. The van der Waals surface area contributed by atoms with Crippen molar-refractivity contribution in [2.45, 2.75) is 33.6 Å². The van der Waals surface area contributed by atoms with Crippen LogP contribution in [-0.4, -0.2) is 40.1 Å². The lowest BCUT2D eigenvalue weighted by atomic mass is 10.0. The van der Waals surface area contributed by atoms with E-state index < -0.39 is 0 Å². The van der Waals surface area contributed by atoms with Gasteiger partial charge >= 0.3 is 0 Å². The average Bonchev–Trinajstić information content (AvgIpc) is 3.16. The van der Waals surface area contributed by atoms with E-state index in [1.165, 1.54) is 23.2 Å². The van der Waals surface area contributed by atoms with Gasteiger partial charge in [0.25, 0.3) is 5.91 Å². The average molecular weight is 423 g/mol. The third-order valence-corrected chi connectivity index (χ3v) is 5.26. The molecule has 1 heterocycles. The molecule has 7 heteroatoms. The highest BCUT2D eigenvalue weighted by molar-refractivity contribution is 6.00. The molecular weight excluding hydrogens is 395 g/mol. The summed E-state index contributed by atoms with van der Waals surface area (Å²) in [5.74, 6) is -0.925. The SMILES string of the molecule is Cc1cccc(NC(=O)CN(C)C(=O)c2cnn(-c3ccc(F)cc3)c2C(C)C)c1C. The number of aromatic nitrogens is 2. The van der Waals surface area contributed by atoms with Gasteiger partial charge in [0, 0.05) is 12.7 Å². The number of likely N-dealkylation sites (N-methyl/N-ethyl adjacent to an activating group) is 1. The van der Waals surface area contributed by atoms with Crippen LogP contribution < -0.4 is 5.32 Å². The Hall–Kier alpha value is -3.48. The van der Waals surface area contributed by atoms with Gasteiger partial charge in [0.05, 0.1) is 29.7 Å². The van der Waals surface area contributed by atoms with E-state index in [1.54, 1.807) is 23.9 Å². The third-order valence-electron chi connectivity index (χ3n) is 5.26. The van der Waals surface area contributed by atoms with Crippen molar-refractivity contribution in [1.29, 1.82) is 0 Å². The van der Waals surface area contributed by atoms with E-state index in [0.717, 1.165) is 16.8 Å². The summed E-state index contributed by atoms with van der Waals surface area (Å²) in [4.78, 5) is 27.0. The number of anilines is 1. The van der Waals surface area contributed by atoms with Gasteiger partial charge in [0.2, 0.25) is 5.91 Å². The minimum Gasteiger partial charge on any atom is -0.332 e. The van der Waals surface area contributed by atoms with Crippen LogP contribution in [0, 0.1) is 19.7 Å². The molecule has 0 fully saturated rings. The summed E-state index contributed by atoms with van der Waals surface area (Å²) in [6.07, 6.45) is 1.50. The van der Waals surface area contributed by atoms with Gasteiger partial charge in [-0.3, -0.25) is 9.59 Å². The van der Waals surface area contributed by atoms with Gasteiger partial charge in [-0.2, -0.15) is 5.10 Å². The molecule has 0 bridgehead atoms. The van der Waals surface area contributed by atoms with Crippen LogP contribution >= 0.6 is 0 Å². The van der Waals surface area contributed by atoms with Gasteiger partial charge in [-0.15, -0.1) is 0 Å². The van der Waals surface area contributed by atoms with Crippen molar-refractivity contribution in [3.05, 3.63) is 76.9 Å². The Labute approximate surface area is 181 Å². The van der Waals surface area contributed by atoms with Crippen molar-refractivity contribution in [2.75, 3.05) is 18.9 Å². The second kappa shape index (κ2) is 9.12. The molecule has 2 aromatic carbocycles. The van der Waals surface area contributed by atoms with Crippen LogP contribution in [0.3, 0.4) is 0 Å². The Morgan fingerprint density at radius 1 is 1.13 bits per heavy atom. The molecule has 162 valence electrons. The molecule has 0 spiro atoms. The van der Waals surface area contributed by atoms with Crippen LogP contribution in [0.1, 0.15) is 46.9 Å². The molecule has 1 N–H and O–H groups in total. The van der Waals surface area contributed by atoms with E-state index in [2.05, 4.69) is 10.4 Å². The minimum atomic E-state index is -0.340. The van der Waals surface area contributed by atoms with Gasteiger partial charge in [-0.1, -0.05) is 26.0 Å². The molecule has 0 aliphatic carbocycles. The first-order chi connectivity index (χ1) is 14.7. The summed E-state index contributed by atoms with van der Waals surface area (Å²) in [7, 11) is 1.59. The Morgan fingerprint density at radius 2 is 1.81 bits per heavy atom. The fourth-order valence-electron chi connectivity index (χ4n) is 3.44. The Bertz CT molecular complexity index is 1100. The summed E-state index contributed by atoms with van der Waals surface area (Å²) >= 11 is 0. The first-order valence-corrected chi connectivity index (χ1v) is 10.1. The van der Waals surface area contributed by atoms with Crippen molar-refractivity contribution in [2.24, 2.45) is 0 Å². The lowest BCUT2D eigenvalue weighted by Gasteiger charge is -2.19. The van der Waals surface area contributed by atoms with Gasteiger partial charge in [-0.25, -0.2) is 9.07 Å². The number of nitrogens with zero attached hydrogens (tertiary/aromatic N) is 3. The van der Waals surface area contributed by atoms with E-state index in [0.29, 0.717) is 16.9 Å². The molecule has 2 amide bonds. The molecule has 6 nitrogen and oxygen atoms in total. The van der Waals surface area contributed by atoms with Crippen molar-refractivity contribution in [3.63, 3.8) is 0 Å². The summed E-state index contributed by atoms with van der Waals surface area (Å²) < 4.78 is 14.9. The maximum Gasteiger partial charge on any atom is 0.257 e. The normalized spacial score (nSPS) is 10.9. The minimum absolute atomic E-state index is 0.0105. The highest BCUT2D eigenvalue weighted by Crippen LogP contribution is 2.24. The molecular formula is C24H27FN4O2. The molecule has 0 unspecified atom stereocenters. The molecule has 3 aromatic rings. The number of carbonyl (C=O) groups is 2. The monoisotopic (exact) mass is 422 g/mol. The number of hydrogen-bond donors (Lipinski definition) is 1. The number of halogens is 1. The number of amides is 2. The molecule has 0 atom stereocenters. The van der Waals surface area contributed by atoms with Crippen molar-refractivity contribution in [1.82, 2.24) is 14.7 Å². The van der Waals surface area contributed by atoms with Crippen LogP contribution in [0.25, 0.3) is 5.69 Å². The smallest absolute Gasteiger partial charge is 0.257 e. The number of carbonyl (C=O) groups excluding carboxylic acids is 2. The zero-order chi connectivity index (χ0) is 22.7. The number of aryl methyl sites for hydroxylation is 1. The first-order valence-electron chi connectivity index (χ1n) is 10.1. The second-order valence-electron chi connectivity index (χ2n) is 7.94. The highest BCUT2D eigenvalue weighted by Gasteiger charge is 2.24. The standard InChI is InChI=1S/C24H27FN4O2/c1-15(2)23-20(13-26-29(23)19-11-9-18(25)10-12-19)24(31)28(5)14-22(30)27-21-8-6-7-16(3)17(21)4/h6-13,15H,14H2,1-5H3,(H,27,30). The summed E-state index contributed by atoms with van der Waals surface area (Å²) in [5, 5.41) is 7.23. The number of benzene rings is 2. The van der Waals surface area contributed by atoms with Gasteiger partial charge in [0.15, 0.2) is 0 Å². The molecule has 31 heavy (non-hydrogen) atoms. The van der Waals surface area contributed by atoms with E-state index in [-0.39, 0.29) is 30.1 Å². The summed E-state index contributed by atoms with van der Waals surface area (Å²) in [5.41, 5.74) is 4.60. The number of nitrogens with one attached hydrogen (secondary N) is 1. The molecule has 1 aromatic heterocycles. The van der Waals surface area contributed by atoms with E-state index in [9.17, 15) is 14.0 Å². The maximum atomic E-state index is 13.3. The third kappa shape index (κ3) is 4.82. The topological polar surface area (TPSA) is 67.2 Å². The number of hydrogen-bond acceptors (Lipinski definition) is 3. The second-order valence-corrected chi connectivity index (χ2v) is 7.94. The van der Waals surface area contributed by atoms with Crippen LogP contribution in [-0.2, 0) is 4.79 Å². The maximum absolute atomic E-state index is 13.3. The fraction of sp³-hybridized carbons (Fsp3) is 0.292. The predicted molar refractivity (Wildman–Crippen MR) is 119 cm³/mol. The molecule has 0 saturated carbocycles.